The molecule has 2 aromatic carbocycles. The van der Waals surface area contributed by atoms with Gasteiger partial charge in [-0.05, 0) is 42.7 Å². The van der Waals surface area contributed by atoms with Crippen molar-refractivity contribution in [1.82, 2.24) is 9.29 Å². The molecule has 0 spiro atoms. The van der Waals surface area contributed by atoms with Crippen molar-refractivity contribution in [1.29, 1.82) is 0 Å². The van der Waals surface area contributed by atoms with Gasteiger partial charge in [-0.15, -0.1) is 0 Å². The Hall–Kier alpha value is -2.55. The summed E-state index contributed by atoms with van der Waals surface area (Å²) in [6.07, 6.45) is 6.05. The van der Waals surface area contributed by atoms with E-state index in [-0.39, 0.29) is 10.8 Å². The first-order chi connectivity index (χ1) is 14.0. The molecule has 1 aliphatic heterocycles. The first kappa shape index (κ1) is 19.8. The Labute approximate surface area is 173 Å². The van der Waals surface area contributed by atoms with Crippen LogP contribution in [0.4, 0.5) is 5.13 Å². The molecule has 6 nitrogen and oxygen atoms in total. The number of benzene rings is 2. The molecule has 0 unspecified atom stereocenters. The molecule has 1 amide bonds. The zero-order chi connectivity index (χ0) is 20.3. The van der Waals surface area contributed by atoms with Crippen LogP contribution in [0.2, 0.25) is 0 Å². The molecule has 1 fully saturated rings. The topological polar surface area (TPSA) is 79.4 Å². The van der Waals surface area contributed by atoms with Gasteiger partial charge in [0.25, 0.3) is 0 Å². The number of rotatable bonds is 5. The van der Waals surface area contributed by atoms with Gasteiger partial charge in [-0.2, -0.15) is 4.31 Å². The van der Waals surface area contributed by atoms with Crippen LogP contribution in [0.1, 0.15) is 24.8 Å². The monoisotopic (exact) mass is 427 g/mol. The number of sulfonamides is 1. The van der Waals surface area contributed by atoms with E-state index < -0.39 is 10.0 Å². The van der Waals surface area contributed by atoms with Crippen molar-refractivity contribution in [3.8, 4) is 0 Å². The maximum atomic E-state index is 12.9. The van der Waals surface area contributed by atoms with Gasteiger partial charge < -0.3 is 0 Å². The number of hydrogen-bond acceptors (Lipinski definition) is 5. The van der Waals surface area contributed by atoms with E-state index in [1.807, 2.05) is 30.3 Å². The van der Waals surface area contributed by atoms with Crippen molar-refractivity contribution in [2.45, 2.75) is 24.2 Å². The second-order valence-electron chi connectivity index (χ2n) is 6.85. The molecule has 150 valence electrons. The molecule has 3 aromatic rings. The molecule has 0 bridgehead atoms. The van der Waals surface area contributed by atoms with Crippen molar-refractivity contribution >= 4 is 48.7 Å². The van der Waals surface area contributed by atoms with Gasteiger partial charge >= 0.3 is 0 Å². The third-order valence-electron chi connectivity index (χ3n) is 4.77. The minimum atomic E-state index is -3.49. The lowest BCUT2D eigenvalue weighted by atomic mass is 10.2. The lowest BCUT2D eigenvalue weighted by Gasteiger charge is -2.25. The number of piperidine rings is 1. The molecule has 1 aliphatic rings. The Morgan fingerprint density at radius 1 is 1.07 bits per heavy atom. The molecule has 0 saturated carbocycles. The van der Waals surface area contributed by atoms with Crippen LogP contribution in [-0.4, -0.2) is 36.7 Å². The first-order valence-electron chi connectivity index (χ1n) is 9.47. The summed E-state index contributed by atoms with van der Waals surface area (Å²) in [6, 6.07) is 14.5. The third kappa shape index (κ3) is 4.55. The highest BCUT2D eigenvalue weighted by Crippen LogP contribution is 2.30. The molecule has 8 heteroatoms. The molecule has 1 saturated heterocycles. The van der Waals surface area contributed by atoms with E-state index in [2.05, 4.69) is 10.3 Å². The van der Waals surface area contributed by atoms with Crippen LogP contribution in [0.5, 0.6) is 0 Å². The van der Waals surface area contributed by atoms with E-state index in [1.165, 1.54) is 17.4 Å². The molecule has 4 rings (SSSR count). The van der Waals surface area contributed by atoms with Crippen molar-refractivity contribution < 1.29 is 13.2 Å². The van der Waals surface area contributed by atoms with Gasteiger partial charge in [0.05, 0.1) is 15.1 Å². The number of nitrogens with zero attached hydrogens (tertiary/aromatic N) is 2. The standard InChI is InChI=1S/C21H21N3O3S2/c25-20(12-9-16-7-3-1-4-8-16)23-21-22-18-11-10-17(15-19(18)28-21)29(26,27)24-13-5-2-6-14-24/h1,3-4,7-12,15H,2,5-6,13-14H2,(H,22,23,25)/b12-9+. The summed E-state index contributed by atoms with van der Waals surface area (Å²) in [4.78, 5) is 16.8. The van der Waals surface area contributed by atoms with Crippen LogP contribution in [0.25, 0.3) is 16.3 Å². The molecule has 0 atom stereocenters. The van der Waals surface area contributed by atoms with E-state index in [0.717, 1.165) is 29.5 Å². The summed E-state index contributed by atoms with van der Waals surface area (Å²) >= 11 is 1.26. The number of carbonyl (C=O) groups excluding carboxylic acids is 1. The number of carbonyl (C=O) groups is 1. The van der Waals surface area contributed by atoms with E-state index in [9.17, 15) is 13.2 Å². The molecular formula is C21H21N3O3S2. The highest BCUT2D eigenvalue weighted by molar-refractivity contribution is 7.89. The predicted molar refractivity (Wildman–Crippen MR) is 116 cm³/mol. The fourth-order valence-electron chi connectivity index (χ4n) is 3.26. The number of hydrogen-bond donors (Lipinski definition) is 1. The van der Waals surface area contributed by atoms with Gasteiger partial charge in [0.2, 0.25) is 15.9 Å². The lowest BCUT2D eigenvalue weighted by molar-refractivity contribution is -0.111. The SMILES string of the molecule is O=C(/C=C/c1ccccc1)Nc1nc2ccc(S(=O)(=O)N3CCCCC3)cc2s1. The largest absolute Gasteiger partial charge is 0.298 e. The minimum Gasteiger partial charge on any atom is -0.298 e. The number of amides is 1. The molecule has 0 radical (unpaired) electrons. The molecule has 0 aliphatic carbocycles. The summed E-state index contributed by atoms with van der Waals surface area (Å²) < 4.78 is 28.0. The van der Waals surface area contributed by atoms with Crippen molar-refractivity contribution in [3.05, 3.63) is 60.2 Å². The van der Waals surface area contributed by atoms with Crippen LogP contribution >= 0.6 is 11.3 Å². The zero-order valence-electron chi connectivity index (χ0n) is 15.7. The smallest absolute Gasteiger partial charge is 0.250 e. The quantitative estimate of drug-likeness (QED) is 0.621. The number of anilines is 1. The van der Waals surface area contributed by atoms with Gasteiger partial charge in [-0.25, -0.2) is 13.4 Å². The van der Waals surface area contributed by atoms with Gasteiger partial charge in [0, 0.05) is 19.2 Å². The normalized spacial score (nSPS) is 15.7. The van der Waals surface area contributed by atoms with Gasteiger partial charge in [0.1, 0.15) is 0 Å². The predicted octanol–water partition coefficient (Wildman–Crippen LogP) is 4.12. The minimum absolute atomic E-state index is 0.275. The highest BCUT2D eigenvalue weighted by Gasteiger charge is 2.26. The number of fused-ring (bicyclic) bond motifs is 1. The number of thiazole rings is 1. The highest BCUT2D eigenvalue weighted by atomic mass is 32.2. The Kier molecular flexibility index (Phi) is 5.75. The molecule has 2 heterocycles. The van der Waals surface area contributed by atoms with Gasteiger partial charge in [0.15, 0.2) is 5.13 Å². The van der Waals surface area contributed by atoms with Gasteiger partial charge in [-0.1, -0.05) is 48.1 Å². The van der Waals surface area contributed by atoms with Crippen LogP contribution in [0, 0.1) is 0 Å². The maximum Gasteiger partial charge on any atom is 0.250 e. The van der Waals surface area contributed by atoms with Crippen LogP contribution in [-0.2, 0) is 14.8 Å². The zero-order valence-corrected chi connectivity index (χ0v) is 17.4. The summed E-state index contributed by atoms with van der Waals surface area (Å²) in [5, 5.41) is 3.19. The summed E-state index contributed by atoms with van der Waals surface area (Å²) in [5.74, 6) is -0.283. The summed E-state index contributed by atoms with van der Waals surface area (Å²) in [5.41, 5.74) is 1.59. The van der Waals surface area contributed by atoms with Crippen LogP contribution in [0.3, 0.4) is 0 Å². The average Bonchev–Trinajstić information content (AvgIpc) is 3.15. The van der Waals surface area contributed by atoms with E-state index in [4.69, 9.17) is 0 Å². The molecule has 1 aromatic heterocycles. The Morgan fingerprint density at radius 2 is 1.83 bits per heavy atom. The first-order valence-corrected chi connectivity index (χ1v) is 11.7. The second-order valence-corrected chi connectivity index (χ2v) is 9.82. The van der Waals surface area contributed by atoms with Gasteiger partial charge in [-0.3, -0.25) is 10.1 Å². The average molecular weight is 428 g/mol. The van der Waals surface area contributed by atoms with E-state index in [0.29, 0.717) is 23.7 Å². The molecular weight excluding hydrogens is 406 g/mol. The number of aromatic nitrogens is 1. The Morgan fingerprint density at radius 3 is 2.59 bits per heavy atom. The Bertz CT molecular complexity index is 1150. The van der Waals surface area contributed by atoms with Crippen molar-refractivity contribution in [2.75, 3.05) is 18.4 Å². The maximum absolute atomic E-state index is 12.9. The molecule has 29 heavy (non-hydrogen) atoms. The van der Waals surface area contributed by atoms with Crippen LogP contribution < -0.4 is 5.32 Å². The third-order valence-corrected chi connectivity index (χ3v) is 7.60. The summed E-state index contributed by atoms with van der Waals surface area (Å²) in [6.45, 7) is 1.14. The van der Waals surface area contributed by atoms with E-state index in [1.54, 1.807) is 28.6 Å². The van der Waals surface area contributed by atoms with Crippen LogP contribution in [0.15, 0.2) is 59.5 Å². The fourth-order valence-corrected chi connectivity index (χ4v) is 5.78. The van der Waals surface area contributed by atoms with E-state index >= 15 is 0 Å². The van der Waals surface area contributed by atoms with Crippen molar-refractivity contribution in [2.24, 2.45) is 0 Å². The second kappa shape index (κ2) is 8.44. The summed E-state index contributed by atoms with van der Waals surface area (Å²) in [7, 11) is -3.49. The molecule has 1 N–H and O–H groups in total. The van der Waals surface area contributed by atoms with Crippen molar-refractivity contribution in [3.63, 3.8) is 0 Å². The number of nitrogens with one attached hydrogen (secondary N) is 1. The fraction of sp³-hybridized carbons (Fsp3) is 0.238. The Balaban J connectivity index is 1.51. The lowest BCUT2D eigenvalue weighted by Crippen LogP contribution is -2.35.